The highest BCUT2D eigenvalue weighted by molar-refractivity contribution is 7.99. The van der Waals surface area contributed by atoms with E-state index in [1.165, 1.54) is 23.9 Å². The van der Waals surface area contributed by atoms with E-state index in [1.807, 2.05) is 6.07 Å². The van der Waals surface area contributed by atoms with Crippen molar-refractivity contribution in [1.82, 2.24) is 0 Å². The molecule has 0 amide bonds. The summed E-state index contributed by atoms with van der Waals surface area (Å²) in [6.45, 7) is 0. The molecule has 0 unspecified atom stereocenters. The number of carbonyl (C=O) groups is 1. The van der Waals surface area contributed by atoms with Gasteiger partial charge in [0.05, 0.1) is 16.9 Å². The van der Waals surface area contributed by atoms with Crippen molar-refractivity contribution in [1.29, 1.82) is 5.26 Å². The Balaban J connectivity index is 2.23. The van der Waals surface area contributed by atoms with E-state index in [0.717, 1.165) is 4.90 Å². The van der Waals surface area contributed by atoms with Crippen molar-refractivity contribution < 1.29 is 14.8 Å². The lowest BCUT2D eigenvalue weighted by atomic mass is 10.1. The number of hydrogen-bond donors (Lipinski definition) is 1. The molecule has 0 fully saturated rings. The van der Waals surface area contributed by atoms with Crippen molar-refractivity contribution in [3.63, 3.8) is 0 Å². The Morgan fingerprint density at radius 3 is 2.50 bits per heavy atom. The normalized spacial score (nSPS) is 9.95. The molecule has 0 saturated carbocycles. The lowest BCUT2D eigenvalue weighted by molar-refractivity contribution is -0.384. The highest BCUT2D eigenvalue weighted by Crippen LogP contribution is 2.31. The summed E-state index contributed by atoms with van der Waals surface area (Å²) in [5.41, 5.74) is 0.931. The predicted molar refractivity (Wildman–Crippen MR) is 79.7 cm³/mol. The summed E-state index contributed by atoms with van der Waals surface area (Å²) in [5.74, 6) is -0.959. The van der Waals surface area contributed by atoms with E-state index in [4.69, 9.17) is 5.11 Å². The number of nitrogens with zero attached hydrogens (tertiary/aromatic N) is 2. The number of aliphatic carboxylic acids is 1. The molecule has 0 radical (unpaired) electrons. The zero-order valence-corrected chi connectivity index (χ0v) is 12.0. The molecule has 0 aliphatic carbocycles. The van der Waals surface area contributed by atoms with Crippen LogP contribution in [0.25, 0.3) is 0 Å². The van der Waals surface area contributed by atoms with E-state index in [2.05, 4.69) is 0 Å². The number of carboxylic acid groups (broad SMARTS) is 1. The summed E-state index contributed by atoms with van der Waals surface area (Å²) in [7, 11) is 0. The van der Waals surface area contributed by atoms with Crippen molar-refractivity contribution >= 4 is 23.4 Å². The molecular formula is C15H10N2O4S. The van der Waals surface area contributed by atoms with E-state index < -0.39 is 10.9 Å². The average molecular weight is 314 g/mol. The van der Waals surface area contributed by atoms with E-state index in [9.17, 15) is 20.2 Å². The molecule has 0 aliphatic rings. The molecular weight excluding hydrogens is 304 g/mol. The molecule has 0 spiro atoms. The first-order valence-corrected chi connectivity index (χ1v) is 6.98. The second-order valence-corrected chi connectivity index (χ2v) is 5.48. The molecule has 0 aliphatic heterocycles. The number of hydrogen-bond acceptors (Lipinski definition) is 5. The molecule has 110 valence electrons. The molecule has 0 saturated heterocycles. The van der Waals surface area contributed by atoms with E-state index >= 15 is 0 Å². The van der Waals surface area contributed by atoms with Crippen molar-refractivity contribution in [3.05, 3.63) is 63.7 Å². The van der Waals surface area contributed by atoms with E-state index in [1.54, 1.807) is 30.3 Å². The minimum absolute atomic E-state index is 0.00154. The third-order valence-corrected chi connectivity index (χ3v) is 3.88. The summed E-state index contributed by atoms with van der Waals surface area (Å²) >= 11 is 1.29. The van der Waals surface area contributed by atoms with Crippen LogP contribution in [0.2, 0.25) is 0 Å². The maximum atomic E-state index is 10.7. The number of benzene rings is 2. The van der Waals surface area contributed by atoms with Gasteiger partial charge in [-0.1, -0.05) is 17.8 Å². The fraction of sp³-hybridized carbons (Fsp3) is 0.0667. The van der Waals surface area contributed by atoms with Crippen molar-refractivity contribution in [2.75, 3.05) is 0 Å². The smallest absolute Gasteiger partial charge is 0.307 e. The zero-order chi connectivity index (χ0) is 16.1. The topological polar surface area (TPSA) is 104 Å². The highest BCUT2D eigenvalue weighted by atomic mass is 32.2. The van der Waals surface area contributed by atoms with Gasteiger partial charge in [-0.15, -0.1) is 0 Å². The molecule has 0 atom stereocenters. The lowest BCUT2D eigenvalue weighted by Gasteiger charge is -2.06. The number of non-ortho nitro benzene ring substituents is 1. The summed E-state index contributed by atoms with van der Waals surface area (Å²) in [4.78, 5) is 22.2. The third-order valence-electron chi connectivity index (χ3n) is 2.80. The van der Waals surface area contributed by atoms with Gasteiger partial charge in [0.15, 0.2) is 0 Å². The number of nitro benzene ring substituents is 1. The molecule has 7 heteroatoms. The Labute approximate surface area is 130 Å². The maximum absolute atomic E-state index is 10.7. The summed E-state index contributed by atoms with van der Waals surface area (Å²) in [5, 5.41) is 28.5. The molecule has 22 heavy (non-hydrogen) atoms. The molecule has 1 N–H and O–H groups in total. The SMILES string of the molecule is N#Cc1cc(CC(=O)O)ccc1Sc1ccc([N+](=O)[O-])cc1. The fourth-order valence-corrected chi connectivity index (χ4v) is 2.68. The second kappa shape index (κ2) is 6.74. The van der Waals surface area contributed by atoms with Crippen LogP contribution in [0.5, 0.6) is 0 Å². The van der Waals surface area contributed by atoms with Gasteiger partial charge in [0.2, 0.25) is 0 Å². The number of rotatable bonds is 5. The van der Waals surface area contributed by atoms with E-state index in [-0.39, 0.29) is 12.1 Å². The summed E-state index contributed by atoms with van der Waals surface area (Å²) in [6, 6.07) is 12.9. The van der Waals surface area contributed by atoms with Crippen molar-refractivity contribution in [2.45, 2.75) is 16.2 Å². The molecule has 0 aromatic heterocycles. The van der Waals surface area contributed by atoms with Gasteiger partial charge in [-0.25, -0.2) is 0 Å². The largest absolute Gasteiger partial charge is 0.481 e. The van der Waals surface area contributed by atoms with Crippen molar-refractivity contribution in [2.24, 2.45) is 0 Å². The molecule has 2 rings (SSSR count). The standard InChI is InChI=1S/C15H10N2O4S/c16-9-11-7-10(8-15(18)19)1-6-14(11)22-13-4-2-12(3-5-13)17(20)21/h1-7H,8H2,(H,18,19). The van der Waals surface area contributed by atoms with Gasteiger partial charge < -0.3 is 5.11 Å². The van der Waals surface area contributed by atoms with Crippen LogP contribution in [0.4, 0.5) is 5.69 Å². The average Bonchev–Trinajstić information content (AvgIpc) is 2.48. The first kappa shape index (κ1) is 15.5. The third kappa shape index (κ3) is 3.84. The minimum Gasteiger partial charge on any atom is -0.481 e. The predicted octanol–water partition coefficient (Wildman–Crippen LogP) is 3.24. The Morgan fingerprint density at radius 1 is 1.27 bits per heavy atom. The Morgan fingerprint density at radius 2 is 1.95 bits per heavy atom. The van der Waals surface area contributed by atoms with Crippen LogP contribution in [0, 0.1) is 21.4 Å². The van der Waals surface area contributed by atoms with Crippen LogP contribution in [0.3, 0.4) is 0 Å². The molecule has 6 nitrogen and oxygen atoms in total. The molecule has 2 aromatic rings. The van der Waals surface area contributed by atoms with E-state index in [0.29, 0.717) is 16.0 Å². The van der Waals surface area contributed by atoms with Gasteiger partial charge >= 0.3 is 5.97 Å². The fourth-order valence-electron chi connectivity index (χ4n) is 1.80. The Bertz CT molecular complexity index is 766. The van der Waals surface area contributed by atoms with Gasteiger partial charge in [-0.3, -0.25) is 14.9 Å². The first-order chi connectivity index (χ1) is 10.5. The zero-order valence-electron chi connectivity index (χ0n) is 11.2. The van der Waals surface area contributed by atoms with Crippen molar-refractivity contribution in [3.8, 4) is 6.07 Å². The Kier molecular flexibility index (Phi) is 4.76. The quantitative estimate of drug-likeness (QED) is 0.671. The number of nitriles is 1. The van der Waals surface area contributed by atoms with Crippen LogP contribution in [0.1, 0.15) is 11.1 Å². The van der Waals surface area contributed by atoms with Gasteiger partial charge in [-0.05, 0) is 29.8 Å². The van der Waals surface area contributed by atoms with Gasteiger partial charge in [0, 0.05) is 21.9 Å². The molecule has 0 bridgehead atoms. The highest BCUT2D eigenvalue weighted by Gasteiger charge is 2.09. The molecule has 0 heterocycles. The first-order valence-electron chi connectivity index (χ1n) is 6.16. The van der Waals surface area contributed by atoms with Gasteiger partial charge in [-0.2, -0.15) is 5.26 Å². The molecule has 2 aromatic carbocycles. The number of nitro groups is 1. The summed E-state index contributed by atoms with van der Waals surface area (Å²) in [6.07, 6.45) is -0.142. The monoisotopic (exact) mass is 314 g/mol. The maximum Gasteiger partial charge on any atom is 0.307 e. The van der Waals surface area contributed by atoms with Gasteiger partial charge in [0.1, 0.15) is 6.07 Å². The van der Waals surface area contributed by atoms with Crippen LogP contribution >= 0.6 is 11.8 Å². The minimum atomic E-state index is -0.959. The Hall–Kier alpha value is -2.85. The van der Waals surface area contributed by atoms with Crippen LogP contribution in [-0.2, 0) is 11.2 Å². The van der Waals surface area contributed by atoms with Gasteiger partial charge in [0.25, 0.3) is 5.69 Å². The summed E-state index contributed by atoms with van der Waals surface area (Å²) < 4.78 is 0. The number of carboxylic acids is 1. The van der Waals surface area contributed by atoms with Crippen LogP contribution in [0.15, 0.2) is 52.3 Å². The van der Waals surface area contributed by atoms with Crippen LogP contribution in [-0.4, -0.2) is 16.0 Å². The lowest BCUT2D eigenvalue weighted by Crippen LogP contribution is -2.00. The van der Waals surface area contributed by atoms with Crippen LogP contribution < -0.4 is 0 Å². The second-order valence-electron chi connectivity index (χ2n) is 4.37.